The van der Waals surface area contributed by atoms with Crippen molar-refractivity contribution < 1.29 is 14.8 Å². The van der Waals surface area contributed by atoms with Gasteiger partial charge in [-0.05, 0) is 25.5 Å². The number of carbonyl (C=O) groups is 1. The van der Waals surface area contributed by atoms with Crippen LogP contribution in [0.3, 0.4) is 0 Å². The summed E-state index contributed by atoms with van der Waals surface area (Å²) in [5, 5.41) is 22.5. The average Bonchev–Trinajstić information content (AvgIpc) is 2.29. The fraction of sp³-hybridized carbons (Fsp3) is 0.364. The highest BCUT2D eigenvalue weighted by atomic mass is 16.6. The molecule has 0 aliphatic heterocycles. The number of carbonyl (C=O) groups excluding carboxylic acids is 1. The Bertz CT molecular complexity index is 420. The van der Waals surface area contributed by atoms with E-state index in [-0.39, 0.29) is 23.9 Å². The topological polar surface area (TPSA) is 92.5 Å². The molecule has 0 saturated heterocycles. The molecule has 0 aromatic heterocycles. The van der Waals surface area contributed by atoms with Gasteiger partial charge in [-0.2, -0.15) is 0 Å². The number of aldehydes is 1. The predicted octanol–water partition coefficient (Wildman–Crippen LogP) is 1.59. The van der Waals surface area contributed by atoms with Crippen LogP contribution in [0, 0.1) is 10.1 Å². The number of hydrogen-bond acceptors (Lipinski definition) is 5. The first-order chi connectivity index (χ1) is 8.08. The van der Waals surface area contributed by atoms with Gasteiger partial charge >= 0.3 is 0 Å². The molecule has 1 aromatic rings. The first kappa shape index (κ1) is 13.1. The van der Waals surface area contributed by atoms with Crippen LogP contribution in [0.25, 0.3) is 0 Å². The summed E-state index contributed by atoms with van der Waals surface area (Å²) in [7, 11) is 0. The second-order valence-corrected chi connectivity index (χ2v) is 3.71. The van der Waals surface area contributed by atoms with E-state index in [0.717, 1.165) is 0 Å². The van der Waals surface area contributed by atoms with Crippen LogP contribution in [-0.2, 0) is 0 Å². The maximum atomic E-state index is 10.8. The van der Waals surface area contributed by atoms with Crippen LogP contribution < -0.4 is 5.32 Å². The highest BCUT2D eigenvalue weighted by Crippen LogP contribution is 2.25. The van der Waals surface area contributed by atoms with Crippen molar-refractivity contribution in [2.45, 2.75) is 19.4 Å². The van der Waals surface area contributed by atoms with Crippen molar-refractivity contribution in [2.24, 2.45) is 0 Å². The lowest BCUT2D eigenvalue weighted by Gasteiger charge is -2.13. The van der Waals surface area contributed by atoms with E-state index in [2.05, 4.69) is 5.32 Å². The number of benzene rings is 1. The van der Waals surface area contributed by atoms with Gasteiger partial charge in [0, 0.05) is 24.3 Å². The summed E-state index contributed by atoms with van der Waals surface area (Å²) in [5.74, 6) is 0. The molecular formula is C11H14N2O4. The number of rotatable bonds is 6. The lowest BCUT2D eigenvalue weighted by molar-refractivity contribution is -0.384. The number of nitro groups is 1. The number of nitrogens with one attached hydrogen (secondary N) is 1. The van der Waals surface area contributed by atoms with E-state index in [1.807, 2.05) is 6.92 Å². The minimum absolute atomic E-state index is 0.00832. The van der Waals surface area contributed by atoms with E-state index in [1.54, 1.807) is 0 Å². The van der Waals surface area contributed by atoms with Gasteiger partial charge in [0.15, 0.2) is 0 Å². The van der Waals surface area contributed by atoms with E-state index in [9.17, 15) is 14.9 Å². The quantitative estimate of drug-likeness (QED) is 0.446. The molecule has 0 spiro atoms. The summed E-state index contributed by atoms with van der Waals surface area (Å²) in [6.45, 7) is 1.82. The third-order valence-corrected chi connectivity index (χ3v) is 2.32. The van der Waals surface area contributed by atoms with E-state index < -0.39 is 4.92 Å². The fourth-order valence-electron chi connectivity index (χ4n) is 1.43. The fourth-order valence-corrected chi connectivity index (χ4v) is 1.43. The van der Waals surface area contributed by atoms with Crippen LogP contribution in [0.5, 0.6) is 0 Å². The molecule has 1 rings (SSSR count). The smallest absolute Gasteiger partial charge is 0.293 e. The molecule has 0 bridgehead atoms. The standard InChI is InChI=1S/C11H14N2O4/c1-8(4-5-14)12-10-3-2-9(7-15)6-11(10)13(16)17/h2-3,6-8,12,14H,4-5H2,1H3. The monoisotopic (exact) mass is 238 g/mol. The van der Waals surface area contributed by atoms with E-state index in [1.165, 1.54) is 18.2 Å². The molecule has 6 heteroatoms. The van der Waals surface area contributed by atoms with Gasteiger partial charge in [-0.3, -0.25) is 14.9 Å². The molecule has 0 heterocycles. The Hall–Kier alpha value is -1.95. The molecule has 1 aromatic carbocycles. The molecule has 0 saturated carbocycles. The Labute approximate surface area is 98.4 Å². The molecular weight excluding hydrogens is 224 g/mol. The summed E-state index contributed by atoms with van der Waals surface area (Å²) in [6, 6.07) is 4.14. The van der Waals surface area contributed by atoms with Gasteiger partial charge in [0.1, 0.15) is 12.0 Å². The van der Waals surface area contributed by atoms with Crippen molar-refractivity contribution in [3.63, 3.8) is 0 Å². The predicted molar refractivity (Wildman–Crippen MR) is 63.3 cm³/mol. The van der Waals surface area contributed by atoms with Crippen LogP contribution in [0.4, 0.5) is 11.4 Å². The van der Waals surface area contributed by atoms with Crippen molar-refractivity contribution in [3.8, 4) is 0 Å². The number of nitro benzene ring substituents is 1. The number of anilines is 1. The second kappa shape index (κ2) is 5.95. The number of hydrogen-bond donors (Lipinski definition) is 2. The molecule has 2 N–H and O–H groups in total. The number of nitrogens with zero attached hydrogens (tertiary/aromatic N) is 1. The number of aliphatic hydroxyl groups excluding tert-OH is 1. The summed E-state index contributed by atoms with van der Waals surface area (Å²) in [6.07, 6.45) is 1.06. The lowest BCUT2D eigenvalue weighted by atomic mass is 10.1. The molecule has 0 fully saturated rings. The van der Waals surface area contributed by atoms with Crippen LogP contribution >= 0.6 is 0 Å². The Morgan fingerprint density at radius 3 is 2.82 bits per heavy atom. The first-order valence-corrected chi connectivity index (χ1v) is 5.19. The van der Waals surface area contributed by atoms with Crippen LogP contribution in [0.2, 0.25) is 0 Å². The van der Waals surface area contributed by atoms with Gasteiger partial charge in [-0.15, -0.1) is 0 Å². The number of aliphatic hydroxyl groups is 1. The average molecular weight is 238 g/mol. The van der Waals surface area contributed by atoms with Crippen molar-refractivity contribution in [1.82, 2.24) is 0 Å². The van der Waals surface area contributed by atoms with Gasteiger partial charge in [-0.1, -0.05) is 0 Å². The SMILES string of the molecule is CC(CCO)Nc1ccc(C=O)cc1[N+](=O)[O-]. The highest BCUT2D eigenvalue weighted by molar-refractivity contribution is 5.79. The minimum Gasteiger partial charge on any atom is -0.396 e. The van der Waals surface area contributed by atoms with Gasteiger partial charge in [-0.25, -0.2) is 0 Å². The molecule has 0 amide bonds. The Kier molecular flexibility index (Phi) is 4.59. The zero-order valence-corrected chi connectivity index (χ0v) is 9.42. The first-order valence-electron chi connectivity index (χ1n) is 5.19. The minimum atomic E-state index is -0.541. The zero-order chi connectivity index (χ0) is 12.8. The largest absolute Gasteiger partial charge is 0.396 e. The van der Waals surface area contributed by atoms with Crippen molar-refractivity contribution in [2.75, 3.05) is 11.9 Å². The summed E-state index contributed by atoms with van der Waals surface area (Å²) < 4.78 is 0. The third kappa shape index (κ3) is 3.53. The van der Waals surface area contributed by atoms with E-state index >= 15 is 0 Å². The Morgan fingerprint density at radius 1 is 1.59 bits per heavy atom. The maximum Gasteiger partial charge on any atom is 0.293 e. The van der Waals surface area contributed by atoms with Crippen LogP contribution in [0.15, 0.2) is 18.2 Å². The molecule has 0 radical (unpaired) electrons. The molecule has 17 heavy (non-hydrogen) atoms. The van der Waals surface area contributed by atoms with Crippen molar-refractivity contribution in [1.29, 1.82) is 0 Å². The van der Waals surface area contributed by atoms with Gasteiger partial charge in [0.05, 0.1) is 4.92 Å². The van der Waals surface area contributed by atoms with E-state index in [4.69, 9.17) is 5.11 Å². The van der Waals surface area contributed by atoms with Crippen molar-refractivity contribution >= 4 is 17.7 Å². The van der Waals surface area contributed by atoms with Gasteiger partial charge in [0.2, 0.25) is 0 Å². The second-order valence-electron chi connectivity index (χ2n) is 3.71. The zero-order valence-electron chi connectivity index (χ0n) is 9.42. The molecule has 1 atom stereocenters. The maximum absolute atomic E-state index is 10.8. The highest BCUT2D eigenvalue weighted by Gasteiger charge is 2.15. The van der Waals surface area contributed by atoms with Crippen LogP contribution in [0.1, 0.15) is 23.7 Å². The Morgan fingerprint density at radius 2 is 2.29 bits per heavy atom. The molecule has 0 aliphatic carbocycles. The molecule has 6 nitrogen and oxygen atoms in total. The summed E-state index contributed by atoms with van der Waals surface area (Å²) in [4.78, 5) is 20.8. The molecule has 1 unspecified atom stereocenters. The Balaban J connectivity index is 2.98. The normalized spacial score (nSPS) is 11.9. The lowest BCUT2D eigenvalue weighted by Crippen LogP contribution is -2.17. The van der Waals surface area contributed by atoms with Gasteiger partial charge < -0.3 is 10.4 Å². The summed E-state index contributed by atoms with van der Waals surface area (Å²) >= 11 is 0. The van der Waals surface area contributed by atoms with Gasteiger partial charge in [0.25, 0.3) is 5.69 Å². The summed E-state index contributed by atoms with van der Waals surface area (Å²) in [5.41, 5.74) is 0.470. The van der Waals surface area contributed by atoms with Crippen molar-refractivity contribution in [3.05, 3.63) is 33.9 Å². The molecule has 0 aliphatic rings. The molecule has 92 valence electrons. The van der Waals surface area contributed by atoms with E-state index in [0.29, 0.717) is 18.4 Å². The van der Waals surface area contributed by atoms with Crippen LogP contribution in [-0.4, -0.2) is 29.0 Å². The third-order valence-electron chi connectivity index (χ3n) is 2.32.